The summed E-state index contributed by atoms with van der Waals surface area (Å²) in [6.07, 6.45) is -2.27. The van der Waals surface area contributed by atoms with Crippen molar-refractivity contribution in [3.63, 3.8) is 0 Å². The van der Waals surface area contributed by atoms with Crippen LogP contribution in [-0.2, 0) is 0 Å². The average molecular weight is 280 g/mol. The average Bonchev–Trinajstić information content (AvgIpc) is 2.76. The molecule has 0 aliphatic rings. The molecule has 0 saturated heterocycles. The van der Waals surface area contributed by atoms with Gasteiger partial charge in [0.1, 0.15) is 12.2 Å². The largest absolute Gasteiger partial charge is 0.394 e. The van der Waals surface area contributed by atoms with Gasteiger partial charge < -0.3 is 21.1 Å². The van der Waals surface area contributed by atoms with E-state index in [-0.39, 0.29) is 0 Å². The van der Waals surface area contributed by atoms with Gasteiger partial charge in [-0.3, -0.25) is 0 Å². The van der Waals surface area contributed by atoms with Gasteiger partial charge in [0.2, 0.25) is 0 Å². The van der Waals surface area contributed by atoms with Crippen LogP contribution in [0.15, 0.2) is 24.3 Å². The lowest BCUT2D eigenvalue weighted by molar-refractivity contribution is -0.0152. The van der Waals surface area contributed by atoms with Crippen LogP contribution in [0.2, 0.25) is 0 Å². The number of aliphatic hydroxyl groups excluding tert-OH is 3. The van der Waals surface area contributed by atoms with Gasteiger partial charge in [0.05, 0.1) is 12.3 Å². The number of anilines is 1. The summed E-state index contributed by atoms with van der Waals surface area (Å²) < 4.78 is 0. The topological polar surface area (TPSA) is 99.6 Å². The molecule has 2 atom stereocenters. The number of nitrogens with two attached hydrogens (primary N) is 1. The Balaban J connectivity index is 2.26. The number of thiazole rings is 1. The monoisotopic (exact) mass is 280 g/mol. The molecule has 2 unspecified atom stereocenters. The number of rotatable bonds is 4. The molecule has 5 N–H and O–H groups in total. The first-order valence-electron chi connectivity index (χ1n) is 5.83. The number of benzene rings is 1. The quantitative estimate of drug-likeness (QED) is 0.672. The summed E-state index contributed by atoms with van der Waals surface area (Å²) in [6.45, 7) is 1.46. The van der Waals surface area contributed by atoms with Crippen molar-refractivity contribution >= 4 is 16.5 Å². The summed E-state index contributed by atoms with van der Waals surface area (Å²) in [4.78, 5) is 5.28. The number of aliphatic hydroxyl groups is 3. The highest BCUT2D eigenvalue weighted by molar-refractivity contribution is 7.15. The summed E-state index contributed by atoms with van der Waals surface area (Å²) in [5, 5.41) is 28.5. The van der Waals surface area contributed by atoms with Crippen LogP contribution in [0.1, 0.15) is 16.5 Å². The Kier molecular flexibility index (Phi) is 4.16. The molecule has 2 rings (SSSR count). The van der Waals surface area contributed by atoms with Crippen molar-refractivity contribution in [2.75, 3.05) is 12.3 Å². The van der Waals surface area contributed by atoms with E-state index in [1.165, 1.54) is 11.3 Å². The van der Waals surface area contributed by atoms with Crippen LogP contribution < -0.4 is 5.73 Å². The maximum Gasteiger partial charge on any atom is 0.180 e. The first-order valence-corrected chi connectivity index (χ1v) is 6.64. The van der Waals surface area contributed by atoms with Crippen molar-refractivity contribution in [2.24, 2.45) is 0 Å². The maximum atomic E-state index is 9.77. The Hall–Kier alpha value is -1.47. The van der Waals surface area contributed by atoms with Crippen molar-refractivity contribution in [3.05, 3.63) is 34.7 Å². The lowest BCUT2D eigenvalue weighted by atomic mass is 10.0. The molecule has 5 nitrogen and oxygen atoms in total. The molecule has 2 aromatic rings. The minimum Gasteiger partial charge on any atom is -0.394 e. The molecule has 0 saturated carbocycles. The van der Waals surface area contributed by atoms with Gasteiger partial charge in [-0.05, 0) is 12.5 Å². The molecule has 102 valence electrons. The zero-order chi connectivity index (χ0) is 14.0. The lowest BCUT2D eigenvalue weighted by Crippen LogP contribution is -2.21. The molecule has 1 aromatic carbocycles. The first kappa shape index (κ1) is 14.0. The summed E-state index contributed by atoms with van der Waals surface area (Å²) in [6, 6.07) is 7.02. The van der Waals surface area contributed by atoms with Crippen molar-refractivity contribution in [2.45, 2.75) is 19.1 Å². The number of aryl methyl sites for hydroxylation is 1. The third-order valence-corrected chi connectivity index (χ3v) is 3.69. The standard InChI is InChI=1S/C13H16N2O3S/c1-7-11(15-13(14)19-7)8-2-4-9(5-3-8)12(18)10(17)6-16/h2-5,10,12,16-18H,6H2,1H3,(H2,14,15). The smallest absolute Gasteiger partial charge is 0.180 e. The van der Waals surface area contributed by atoms with Gasteiger partial charge in [-0.25, -0.2) is 4.98 Å². The molecular formula is C13H16N2O3S. The molecule has 0 radical (unpaired) electrons. The van der Waals surface area contributed by atoms with Crippen molar-refractivity contribution in [1.82, 2.24) is 4.98 Å². The summed E-state index contributed by atoms with van der Waals surface area (Å²) in [7, 11) is 0. The Morgan fingerprint density at radius 3 is 2.37 bits per heavy atom. The molecule has 1 aromatic heterocycles. The molecular weight excluding hydrogens is 264 g/mol. The number of nitrogen functional groups attached to an aromatic ring is 1. The van der Waals surface area contributed by atoms with Crippen molar-refractivity contribution in [3.8, 4) is 11.3 Å². The predicted molar refractivity (Wildman–Crippen MR) is 74.8 cm³/mol. The normalized spacial score (nSPS) is 14.3. The molecule has 19 heavy (non-hydrogen) atoms. The van der Waals surface area contributed by atoms with E-state index in [1.54, 1.807) is 12.1 Å². The SMILES string of the molecule is Cc1sc(N)nc1-c1ccc(C(O)C(O)CO)cc1. The van der Waals surface area contributed by atoms with E-state index in [0.29, 0.717) is 10.7 Å². The highest BCUT2D eigenvalue weighted by Gasteiger charge is 2.17. The van der Waals surface area contributed by atoms with E-state index in [4.69, 9.17) is 10.8 Å². The Bertz CT molecular complexity index is 554. The highest BCUT2D eigenvalue weighted by atomic mass is 32.1. The van der Waals surface area contributed by atoms with E-state index >= 15 is 0 Å². The predicted octanol–water partition coefficient (Wildman–Crippen LogP) is 1.09. The number of aromatic nitrogens is 1. The first-order chi connectivity index (χ1) is 9.02. The van der Waals surface area contributed by atoms with E-state index in [1.807, 2.05) is 19.1 Å². The second-order valence-corrected chi connectivity index (χ2v) is 5.51. The maximum absolute atomic E-state index is 9.77. The Morgan fingerprint density at radius 2 is 1.89 bits per heavy atom. The fourth-order valence-corrected chi connectivity index (χ4v) is 2.56. The van der Waals surface area contributed by atoms with Gasteiger partial charge in [-0.1, -0.05) is 24.3 Å². The second kappa shape index (κ2) is 5.66. The van der Waals surface area contributed by atoms with Crippen LogP contribution >= 0.6 is 11.3 Å². The molecule has 1 heterocycles. The van der Waals surface area contributed by atoms with E-state index in [0.717, 1.165) is 16.1 Å². The van der Waals surface area contributed by atoms with Crippen LogP contribution in [-0.4, -0.2) is 33.0 Å². The fraction of sp³-hybridized carbons (Fsp3) is 0.308. The van der Waals surface area contributed by atoms with Crippen LogP contribution in [0.3, 0.4) is 0 Å². The zero-order valence-corrected chi connectivity index (χ0v) is 11.3. The van der Waals surface area contributed by atoms with Gasteiger partial charge in [0.15, 0.2) is 5.13 Å². The van der Waals surface area contributed by atoms with Crippen molar-refractivity contribution < 1.29 is 15.3 Å². The molecule has 0 aliphatic carbocycles. The molecule has 0 bridgehead atoms. The van der Waals surface area contributed by atoms with Crippen LogP contribution in [0.5, 0.6) is 0 Å². The third kappa shape index (κ3) is 2.93. The second-order valence-electron chi connectivity index (χ2n) is 4.27. The van der Waals surface area contributed by atoms with Crippen molar-refractivity contribution in [1.29, 1.82) is 0 Å². The Labute approximate surface area is 115 Å². The van der Waals surface area contributed by atoms with Gasteiger partial charge in [-0.15, -0.1) is 11.3 Å². The van der Waals surface area contributed by atoms with Gasteiger partial charge in [0, 0.05) is 10.4 Å². The van der Waals surface area contributed by atoms with Gasteiger partial charge in [-0.2, -0.15) is 0 Å². The minimum atomic E-state index is -1.18. The molecule has 0 fully saturated rings. The van der Waals surface area contributed by atoms with E-state index in [2.05, 4.69) is 4.98 Å². The van der Waals surface area contributed by atoms with Crippen LogP contribution in [0.4, 0.5) is 5.13 Å². The molecule has 0 aliphatic heterocycles. The molecule has 0 amide bonds. The number of nitrogens with zero attached hydrogens (tertiary/aromatic N) is 1. The number of hydrogen-bond acceptors (Lipinski definition) is 6. The number of hydrogen-bond donors (Lipinski definition) is 4. The lowest BCUT2D eigenvalue weighted by Gasteiger charge is -2.16. The summed E-state index contributed by atoms with van der Waals surface area (Å²) in [5.74, 6) is 0. The van der Waals surface area contributed by atoms with Crippen LogP contribution in [0, 0.1) is 6.92 Å². The van der Waals surface area contributed by atoms with Gasteiger partial charge in [0.25, 0.3) is 0 Å². The zero-order valence-electron chi connectivity index (χ0n) is 10.4. The highest BCUT2D eigenvalue weighted by Crippen LogP contribution is 2.29. The third-order valence-electron chi connectivity index (χ3n) is 2.89. The summed E-state index contributed by atoms with van der Waals surface area (Å²) >= 11 is 1.43. The fourth-order valence-electron chi connectivity index (χ4n) is 1.84. The van der Waals surface area contributed by atoms with E-state index < -0.39 is 18.8 Å². The Morgan fingerprint density at radius 1 is 1.26 bits per heavy atom. The minimum absolute atomic E-state index is 0.482. The summed E-state index contributed by atoms with van der Waals surface area (Å²) in [5.41, 5.74) is 7.93. The van der Waals surface area contributed by atoms with E-state index in [9.17, 15) is 10.2 Å². The molecule has 0 spiro atoms. The van der Waals surface area contributed by atoms with Gasteiger partial charge >= 0.3 is 0 Å². The van der Waals surface area contributed by atoms with Crippen LogP contribution in [0.25, 0.3) is 11.3 Å². The molecule has 6 heteroatoms.